The Hall–Kier alpha value is -6.44. The van der Waals surface area contributed by atoms with Crippen LogP contribution in [0.5, 0.6) is 0 Å². The van der Waals surface area contributed by atoms with Crippen LogP contribution >= 0.6 is 0 Å². The summed E-state index contributed by atoms with van der Waals surface area (Å²) >= 11 is 0. The molecule has 254 valence electrons. The zero-order chi connectivity index (χ0) is 35.0. The second-order valence-corrected chi connectivity index (χ2v) is 12.6. The number of pyridine rings is 6. The van der Waals surface area contributed by atoms with Crippen molar-refractivity contribution in [2.75, 3.05) is 0 Å². The molecule has 11 aromatic rings. The molecule has 7 aromatic heterocycles. The molecule has 0 aliphatic heterocycles. The molecule has 11 rings (SSSR count). The first-order valence-electron chi connectivity index (χ1n) is 17.0. The normalized spacial score (nSPS) is 11.1. The van der Waals surface area contributed by atoms with Crippen LogP contribution in [0.3, 0.4) is 0 Å². The number of rotatable bonds is 0. The van der Waals surface area contributed by atoms with Crippen molar-refractivity contribution >= 4 is 87.5 Å². The number of benzene rings is 4. The molecule has 7 heterocycles. The van der Waals surface area contributed by atoms with Crippen molar-refractivity contribution in [2.45, 2.75) is 13.8 Å². The molecule has 0 spiro atoms. The molecule has 4 aromatic carbocycles. The van der Waals surface area contributed by atoms with E-state index >= 15 is 0 Å². The number of hydrogen-bond acceptors (Lipinski definition) is 8. The second kappa shape index (κ2) is 14.3. The van der Waals surface area contributed by atoms with Crippen LogP contribution in [0.4, 0.5) is 0 Å². The van der Waals surface area contributed by atoms with E-state index in [0.29, 0.717) is 0 Å². The summed E-state index contributed by atoms with van der Waals surface area (Å²) in [4.78, 5) is 36.3. The molecule has 0 fully saturated rings. The largest absolute Gasteiger partial charge is 0.254 e. The van der Waals surface area contributed by atoms with Crippen molar-refractivity contribution < 1.29 is 19.5 Å². The van der Waals surface area contributed by atoms with Crippen LogP contribution in [0.15, 0.2) is 146 Å². The molecule has 8 nitrogen and oxygen atoms in total. The Morgan fingerprint density at radius 2 is 0.604 bits per heavy atom. The molecular weight excluding hydrogens is 742 g/mol. The van der Waals surface area contributed by atoms with Gasteiger partial charge in [0, 0.05) is 89.0 Å². The monoisotopic (exact) mass is 772 g/mol. The zero-order valence-corrected chi connectivity index (χ0v) is 30.5. The first-order valence-corrected chi connectivity index (χ1v) is 17.0. The summed E-state index contributed by atoms with van der Waals surface area (Å²) in [5.74, 6) is 0. The predicted octanol–water partition coefficient (Wildman–Crippen LogP) is 10.1. The first kappa shape index (κ1) is 33.7. The van der Waals surface area contributed by atoms with Crippen LogP contribution in [-0.2, 0) is 19.5 Å². The maximum Gasteiger partial charge on any atom is 0.0996 e. The standard InChI is InChI=1S/C20H14N4.2C12H8N2.Ru/c1-11-9-15-16(10-12(11)2)24-20-14-6-4-8-22-18(14)17-13(19(20)23-15)5-3-7-21-17;2*1-3-9-5-6-10-4-2-8-14-12(10)11(9)13-7-1;/h3-10H,1-2H3;2*1-8H;. The Labute approximate surface area is 316 Å². The third-order valence-electron chi connectivity index (χ3n) is 9.32. The maximum absolute atomic E-state index is 4.93. The van der Waals surface area contributed by atoms with Gasteiger partial charge < -0.3 is 0 Å². The van der Waals surface area contributed by atoms with E-state index in [-0.39, 0.29) is 19.5 Å². The first-order chi connectivity index (χ1) is 25.6. The fourth-order valence-electron chi connectivity index (χ4n) is 6.62. The average Bonchev–Trinajstić information content (AvgIpc) is 3.21. The Morgan fingerprint density at radius 3 is 0.925 bits per heavy atom. The van der Waals surface area contributed by atoms with Crippen LogP contribution in [0, 0.1) is 13.8 Å². The summed E-state index contributed by atoms with van der Waals surface area (Å²) in [5, 5.41) is 6.53. The molecular formula is C44H30N8Ru. The van der Waals surface area contributed by atoms with Crippen molar-refractivity contribution in [1.29, 1.82) is 0 Å². The Kier molecular flexibility index (Phi) is 9.09. The molecule has 0 aliphatic carbocycles. The molecule has 53 heavy (non-hydrogen) atoms. The van der Waals surface area contributed by atoms with Crippen molar-refractivity contribution in [1.82, 2.24) is 39.9 Å². The number of aromatic nitrogens is 8. The van der Waals surface area contributed by atoms with E-state index in [1.54, 1.807) is 37.2 Å². The van der Waals surface area contributed by atoms with Gasteiger partial charge in [-0.2, -0.15) is 0 Å². The van der Waals surface area contributed by atoms with Crippen molar-refractivity contribution in [3.8, 4) is 0 Å². The third kappa shape index (κ3) is 6.26. The molecule has 0 N–H and O–H groups in total. The molecule has 0 aliphatic rings. The minimum Gasteiger partial charge on any atom is -0.254 e. The van der Waals surface area contributed by atoms with Crippen molar-refractivity contribution in [3.63, 3.8) is 0 Å². The van der Waals surface area contributed by atoms with Gasteiger partial charge in [0.05, 0.1) is 55.2 Å². The predicted molar refractivity (Wildman–Crippen MR) is 211 cm³/mol. The van der Waals surface area contributed by atoms with Gasteiger partial charge in [0.25, 0.3) is 0 Å². The zero-order valence-electron chi connectivity index (χ0n) is 28.8. The fourth-order valence-corrected chi connectivity index (χ4v) is 6.62. The molecule has 0 radical (unpaired) electrons. The molecule has 0 bridgehead atoms. The molecule has 0 atom stereocenters. The minimum atomic E-state index is 0. The van der Waals surface area contributed by atoms with Crippen molar-refractivity contribution in [2.24, 2.45) is 0 Å². The molecule has 0 saturated carbocycles. The van der Waals surface area contributed by atoms with E-state index < -0.39 is 0 Å². The number of nitrogens with zero attached hydrogens (tertiary/aromatic N) is 8. The van der Waals surface area contributed by atoms with E-state index in [0.717, 1.165) is 87.5 Å². The van der Waals surface area contributed by atoms with Crippen LogP contribution in [0.1, 0.15) is 11.1 Å². The van der Waals surface area contributed by atoms with E-state index in [2.05, 4.69) is 104 Å². The topological polar surface area (TPSA) is 103 Å². The molecule has 0 amide bonds. The van der Waals surface area contributed by atoms with E-state index in [1.807, 2.05) is 48.5 Å². The van der Waals surface area contributed by atoms with E-state index in [9.17, 15) is 0 Å². The fraction of sp³-hybridized carbons (Fsp3) is 0.0455. The van der Waals surface area contributed by atoms with Crippen LogP contribution in [0.2, 0.25) is 0 Å². The van der Waals surface area contributed by atoms with Gasteiger partial charge in [-0.1, -0.05) is 48.5 Å². The Balaban J connectivity index is 0.000000119. The Bertz CT molecular complexity index is 2810. The molecule has 0 unspecified atom stereocenters. The SMILES string of the molecule is Cc1cc2nc3c4cccnc4c4ncccc4c3nc2cc1C.[Ru].c1cnc2c(c1)ccc1cccnc12.c1cnc2c(c1)ccc1cccnc12. The van der Waals surface area contributed by atoms with Crippen molar-refractivity contribution in [3.05, 3.63) is 158 Å². The van der Waals surface area contributed by atoms with Crippen LogP contribution in [-0.4, -0.2) is 39.9 Å². The van der Waals surface area contributed by atoms with E-state index in [1.165, 1.54) is 11.1 Å². The number of fused-ring (bicyclic) bond motifs is 13. The number of hydrogen-bond donors (Lipinski definition) is 0. The third-order valence-corrected chi connectivity index (χ3v) is 9.32. The Morgan fingerprint density at radius 1 is 0.321 bits per heavy atom. The van der Waals surface area contributed by atoms with Crippen LogP contribution < -0.4 is 0 Å². The minimum absolute atomic E-state index is 0. The molecule has 0 saturated heterocycles. The summed E-state index contributed by atoms with van der Waals surface area (Å²) in [6.45, 7) is 4.20. The summed E-state index contributed by atoms with van der Waals surface area (Å²) < 4.78 is 0. The van der Waals surface area contributed by atoms with Gasteiger partial charge in [-0.3, -0.25) is 29.9 Å². The van der Waals surface area contributed by atoms with Gasteiger partial charge in [0.1, 0.15) is 0 Å². The van der Waals surface area contributed by atoms with Gasteiger partial charge >= 0.3 is 0 Å². The maximum atomic E-state index is 4.93. The average molecular weight is 772 g/mol. The quantitative estimate of drug-likeness (QED) is 0.0853. The van der Waals surface area contributed by atoms with Gasteiger partial charge in [-0.15, -0.1) is 0 Å². The summed E-state index contributed by atoms with van der Waals surface area (Å²) in [6.07, 6.45) is 10.8. The number of aryl methyl sites for hydroxylation is 2. The summed E-state index contributed by atoms with van der Waals surface area (Å²) in [5.41, 5.74) is 11.7. The summed E-state index contributed by atoms with van der Waals surface area (Å²) in [7, 11) is 0. The van der Waals surface area contributed by atoms with E-state index in [4.69, 9.17) is 9.97 Å². The van der Waals surface area contributed by atoms with Gasteiger partial charge in [0.2, 0.25) is 0 Å². The van der Waals surface area contributed by atoms with Gasteiger partial charge in [0.15, 0.2) is 0 Å². The van der Waals surface area contributed by atoms with Gasteiger partial charge in [-0.05, 0) is 85.6 Å². The summed E-state index contributed by atoms with van der Waals surface area (Å²) in [6, 6.07) is 36.4. The smallest absolute Gasteiger partial charge is 0.0996 e. The van der Waals surface area contributed by atoms with Crippen LogP contribution in [0.25, 0.3) is 87.5 Å². The second-order valence-electron chi connectivity index (χ2n) is 12.6. The molecule has 9 heteroatoms. The van der Waals surface area contributed by atoms with Gasteiger partial charge in [-0.25, -0.2) is 9.97 Å².